The number of pyridine rings is 2. The number of aromatic nitrogens is 3. The number of nitrogens with zero attached hydrogens (tertiary/aromatic N) is 3. The molecule has 0 fully saturated rings. The van der Waals surface area contributed by atoms with Crippen LogP contribution < -0.4 is 5.32 Å². The summed E-state index contributed by atoms with van der Waals surface area (Å²) in [4.78, 5) is 20.6. The number of carbonyl (C=O) groups is 1. The average molecular weight is 439 g/mol. The largest absolute Gasteiger partial charge is 0.372 e. The van der Waals surface area contributed by atoms with Gasteiger partial charge in [-0.15, -0.1) is 0 Å². The first-order chi connectivity index (χ1) is 14.5. The molecule has 0 spiro atoms. The Labute approximate surface area is 182 Å². The van der Waals surface area contributed by atoms with Crippen molar-refractivity contribution in [3.63, 3.8) is 0 Å². The topological polar surface area (TPSA) is 80.9 Å². The summed E-state index contributed by atoms with van der Waals surface area (Å²) in [6, 6.07) is 13.6. The molecule has 0 amide bonds. The highest BCUT2D eigenvalue weighted by atomic mass is 35.5. The minimum Gasteiger partial charge on any atom is -0.372 e. The number of Topliss-reactive ketones (excluding diaryl/α,β-unsaturated/α-hetero) is 1. The fourth-order valence-electron chi connectivity index (χ4n) is 3.04. The van der Waals surface area contributed by atoms with E-state index < -0.39 is 6.04 Å². The van der Waals surface area contributed by atoms with Crippen molar-refractivity contribution >= 4 is 34.7 Å². The lowest BCUT2D eigenvalue weighted by Gasteiger charge is -2.17. The number of anilines is 1. The molecule has 1 N–H and O–H groups in total. The van der Waals surface area contributed by atoms with E-state index in [1.807, 2.05) is 6.07 Å². The number of hydrogen-bond acceptors (Lipinski definition) is 6. The molecule has 0 aliphatic heterocycles. The molecule has 1 atom stereocenters. The van der Waals surface area contributed by atoms with Gasteiger partial charge in [0, 0.05) is 41.5 Å². The van der Waals surface area contributed by atoms with Gasteiger partial charge in [0.2, 0.25) is 0 Å². The van der Waals surface area contributed by atoms with E-state index in [2.05, 4.69) is 20.4 Å². The Morgan fingerprint density at radius 1 is 1.03 bits per heavy atom. The number of halogens is 2. The van der Waals surface area contributed by atoms with Crippen LogP contribution in [-0.4, -0.2) is 20.9 Å². The molecule has 6 nitrogen and oxygen atoms in total. The summed E-state index contributed by atoms with van der Waals surface area (Å²) < 4.78 is 5.47. The van der Waals surface area contributed by atoms with Crippen LogP contribution in [0.5, 0.6) is 0 Å². The maximum Gasteiger partial charge on any atom is 0.185 e. The second-order valence-electron chi connectivity index (χ2n) is 6.58. The van der Waals surface area contributed by atoms with Crippen molar-refractivity contribution in [2.45, 2.75) is 13.0 Å². The lowest BCUT2D eigenvalue weighted by atomic mass is 10.1. The zero-order valence-corrected chi connectivity index (χ0v) is 17.4. The van der Waals surface area contributed by atoms with Gasteiger partial charge < -0.3 is 9.84 Å². The van der Waals surface area contributed by atoms with Crippen molar-refractivity contribution in [1.82, 2.24) is 15.1 Å². The summed E-state index contributed by atoms with van der Waals surface area (Å²) in [5, 5.41) is 8.27. The molecule has 0 saturated carbocycles. The quantitative estimate of drug-likeness (QED) is 0.406. The zero-order chi connectivity index (χ0) is 21.1. The molecule has 3 heterocycles. The molecule has 0 radical (unpaired) electrons. The van der Waals surface area contributed by atoms with Crippen LogP contribution in [0.3, 0.4) is 0 Å². The lowest BCUT2D eigenvalue weighted by Crippen LogP contribution is -2.18. The molecular formula is C22H16Cl2N4O2. The smallest absolute Gasteiger partial charge is 0.185 e. The monoisotopic (exact) mass is 438 g/mol. The highest BCUT2D eigenvalue weighted by Crippen LogP contribution is 2.35. The summed E-state index contributed by atoms with van der Waals surface area (Å²) in [6.45, 7) is 1.53. The highest BCUT2D eigenvalue weighted by Gasteiger charge is 2.18. The van der Waals surface area contributed by atoms with Crippen molar-refractivity contribution in [3.8, 4) is 22.7 Å². The predicted octanol–water partition coefficient (Wildman–Crippen LogP) is 5.85. The predicted molar refractivity (Wildman–Crippen MR) is 116 cm³/mol. The Balaban J connectivity index is 1.63. The number of carbonyl (C=O) groups excluding carboxylic acids is 1. The molecule has 8 heteroatoms. The number of ketones is 1. The fraction of sp³-hybridized carbons (Fsp3) is 0.0909. The van der Waals surface area contributed by atoms with Gasteiger partial charge in [-0.1, -0.05) is 40.5 Å². The van der Waals surface area contributed by atoms with Crippen LogP contribution in [0.25, 0.3) is 22.7 Å². The van der Waals surface area contributed by atoms with E-state index in [1.165, 1.54) is 6.92 Å². The molecule has 150 valence electrons. The minimum absolute atomic E-state index is 0.0309. The van der Waals surface area contributed by atoms with Gasteiger partial charge >= 0.3 is 0 Å². The van der Waals surface area contributed by atoms with E-state index in [0.717, 1.165) is 5.56 Å². The molecular weight excluding hydrogens is 423 g/mol. The third-order valence-corrected chi connectivity index (χ3v) is 5.11. The molecule has 0 bridgehead atoms. The van der Waals surface area contributed by atoms with E-state index in [9.17, 15) is 4.79 Å². The maximum atomic E-state index is 12.2. The van der Waals surface area contributed by atoms with E-state index in [1.54, 1.807) is 61.1 Å². The first-order valence-corrected chi connectivity index (χ1v) is 9.83. The summed E-state index contributed by atoms with van der Waals surface area (Å²) in [5.41, 5.74) is 3.14. The Morgan fingerprint density at radius 3 is 2.53 bits per heavy atom. The molecule has 0 aliphatic rings. The summed E-state index contributed by atoms with van der Waals surface area (Å²) in [5.74, 6) is 0.419. The normalized spacial score (nSPS) is 11.8. The molecule has 3 aromatic heterocycles. The first kappa shape index (κ1) is 20.1. The SMILES string of the molecule is CC(=O)C(Nc1ccnc(-c2cc(-c3c(Cl)cccc3Cl)no2)c1)c1cccnc1. The van der Waals surface area contributed by atoms with Gasteiger partial charge in [0.05, 0.1) is 10.0 Å². The summed E-state index contributed by atoms with van der Waals surface area (Å²) in [6.07, 6.45) is 4.96. The number of benzene rings is 1. The van der Waals surface area contributed by atoms with Gasteiger partial charge in [0.15, 0.2) is 11.5 Å². The van der Waals surface area contributed by atoms with Crippen LogP contribution in [0.2, 0.25) is 10.0 Å². The van der Waals surface area contributed by atoms with Crippen LogP contribution in [0.15, 0.2) is 71.6 Å². The standard InChI is InChI=1S/C22H16Cl2N4O2/c1-13(29)22(14-4-3-8-25-12-14)27-15-7-9-26-18(10-15)20-11-19(28-30-20)21-16(23)5-2-6-17(21)24/h2-12,22H,1H3,(H,26,27). The van der Waals surface area contributed by atoms with Crippen LogP contribution >= 0.6 is 23.2 Å². The van der Waals surface area contributed by atoms with Crippen molar-refractivity contribution in [3.05, 3.63) is 82.7 Å². The summed E-state index contributed by atoms with van der Waals surface area (Å²) >= 11 is 12.5. The lowest BCUT2D eigenvalue weighted by molar-refractivity contribution is -0.117. The number of hydrogen-bond donors (Lipinski definition) is 1. The van der Waals surface area contributed by atoms with E-state index in [4.69, 9.17) is 27.7 Å². The average Bonchev–Trinajstić information content (AvgIpc) is 3.22. The zero-order valence-electron chi connectivity index (χ0n) is 15.8. The molecule has 4 rings (SSSR count). The van der Waals surface area contributed by atoms with E-state index in [-0.39, 0.29) is 5.78 Å². The van der Waals surface area contributed by atoms with Gasteiger partial charge in [-0.3, -0.25) is 14.8 Å². The third kappa shape index (κ3) is 4.20. The third-order valence-electron chi connectivity index (χ3n) is 4.48. The first-order valence-electron chi connectivity index (χ1n) is 9.07. The second-order valence-corrected chi connectivity index (χ2v) is 7.39. The van der Waals surface area contributed by atoms with Gasteiger partial charge in [-0.2, -0.15) is 0 Å². The van der Waals surface area contributed by atoms with Crippen molar-refractivity contribution < 1.29 is 9.32 Å². The van der Waals surface area contributed by atoms with Gasteiger partial charge in [-0.25, -0.2) is 0 Å². The van der Waals surface area contributed by atoms with Gasteiger partial charge in [0.1, 0.15) is 17.4 Å². The van der Waals surface area contributed by atoms with Crippen LogP contribution in [-0.2, 0) is 4.79 Å². The molecule has 0 aliphatic carbocycles. The van der Waals surface area contributed by atoms with Crippen molar-refractivity contribution in [1.29, 1.82) is 0 Å². The Kier molecular flexibility index (Phi) is 5.79. The fourth-order valence-corrected chi connectivity index (χ4v) is 3.64. The molecule has 0 saturated heterocycles. The van der Waals surface area contributed by atoms with E-state index in [0.29, 0.717) is 38.4 Å². The highest BCUT2D eigenvalue weighted by molar-refractivity contribution is 6.39. The van der Waals surface area contributed by atoms with Gasteiger partial charge in [-0.05, 0) is 37.3 Å². The maximum absolute atomic E-state index is 12.2. The van der Waals surface area contributed by atoms with Crippen LogP contribution in [0.1, 0.15) is 18.5 Å². The van der Waals surface area contributed by atoms with Crippen molar-refractivity contribution in [2.24, 2.45) is 0 Å². The van der Waals surface area contributed by atoms with Crippen LogP contribution in [0, 0.1) is 0 Å². The molecule has 4 aromatic rings. The Hall–Kier alpha value is -3.22. The molecule has 1 aromatic carbocycles. The van der Waals surface area contributed by atoms with Crippen molar-refractivity contribution in [2.75, 3.05) is 5.32 Å². The van der Waals surface area contributed by atoms with E-state index >= 15 is 0 Å². The minimum atomic E-state index is -0.527. The Bertz CT molecular complexity index is 1170. The number of nitrogens with one attached hydrogen (secondary N) is 1. The van der Waals surface area contributed by atoms with Crippen LogP contribution in [0.4, 0.5) is 5.69 Å². The van der Waals surface area contributed by atoms with Gasteiger partial charge in [0.25, 0.3) is 0 Å². The number of rotatable bonds is 6. The molecule has 30 heavy (non-hydrogen) atoms. The molecule has 1 unspecified atom stereocenters. The Morgan fingerprint density at radius 2 is 1.83 bits per heavy atom. The summed E-state index contributed by atoms with van der Waals surface area (Å²) in [7, 11) is 0. The second kappa shape index (κ2) is 8.65.